The lowest BCUT2D eigenvalue weighted by molar-refractivity contribution is -0.143. The number of amides is 3. The number of rotatable bonds is 3. The third-order valence-corrected chi connectivity index (χ3v) is 6.42. The van der Waals surface area contributed by atoms with Crippen LogP contribution in [0.5, 0.6) is 0 Å². The van der Waals surface area contributed by atoms with Gasteiger partial charge in [-0.25, -0.2) is 4.39 Å². The Balaban J connectivity index is 1.34. The molecule has 1 saturated heterocycles. The van der Waals surface area contributed by atoms with Crippen LogP contribution >= 0.6 is 0 Å². The molecule has 1 N–H and O–H groups in total. The standard InChI is InChI=1S/C21H25FN2O3/c22-14-7-9-15(10-8-14)23-19(25)13-5-11-16(12-6-13)24-20(26)17-3-1-2-4-18(17)21(24)27/h7-10,13,16-18H,1-6,11-12H2,(H,23,25)/t13?,16?,17-,18-/m1/s1. The van der Waals surface area contributed by atoms with E-state index in [0.29, 0.717) is 31.4 Å². The molecule has 1 aliphatic heterocycles. The van der Waals surface area contributed by atoms with Crippen LogP contribution in [0.25, 0.3) is 0 Å². The lowest BCUT2D eigenvalue weighted by Gasteiger charge is -2.33. The highest BCUT2D eigenvalue weighted by Gasteiger charge is 2.50. The molecule has 27 heavy (non-hydrogen) atoms. The quantitative estimate of drug-likeness (QED) is 0.826. The number of nitrogens with one attached hydrogen (secondary N) is 1. The van der Waals surface area contributed by atoms with E-state index in [1.165, 1.54) is 17.0 Å². The van der Waals surface area contributed by atoms with E-state index in [4.69, 9.17) is 0 Å². The summed E-state index contributed by atoms with van der Waals surface area (Å²) in [6, 6.07) is 5.66. The molecule has 0 bridgehead atoms. The molecule has 0 spiro atoms. The van der Waals surface area contributed by atoms with Crippen molar-refractivity contribution in [2.75, 3.05) is 5.32 Å². The molecule has 5 nitrogen and oxygen atoms in total. The maximum atomic E-state index is 13.0. The van der Waals surface area contributed by atoms with Crippen LogP contribution in [0.2, 0.25) is 0 Å². The normalized spacial score (nSPS) is 30.9. The number of carbonyl (C=O) groups excluding carboxylic acids is 3. The van der Waals surface area contributed by atoms with Gasteiger partial charge in [-0.3, -0.25) is 19.3 Å². The summed E-state index contributed by atoms with van der Waals surface area (Å²) in [5.74, 6) is -0.729. The zero-order valence-electron chi connectivity index (χ0n) is 15.3. The van der Waals surface area contributed by atoms with Crippen molar-refractivity contribution in [3.8, 4) is 0 Å². The summed E-state index contributed by atoms with van der Waals surface area (Å²) < 4.78 is 13.0. The molecule has 1 aromatic carbocycles. The van der Waals surface area contributed by atoms with E-state index in [1.54, 1.807) is 12.1 Å². The van der Waals surface area contributed by atoms with Crippen LogP contribution in [0.15, 0.2) is 24.3 Å². The number of hydrogen-bond donors (Lipinski definition) is 1. The molecule has 6 heteroatoms. The minimum atomic E-state index is -0.339. The Morgan fingerprint density at radius 2 is 1.44 bits per heavy atom. The van der Waals surface area contributed by atoms with E-state index in [2.05, 4.69) is 5.32 Å². The van der Waals surface area contributed by atoms with E-state index in [0.717, 1.165) is 25.7 Å². The van der Waals surface area contributed by atoms with Gasteiger partial charge in [0.1, 0.15) is 5.82 Å². The molecule has 2 saturated carbocycles. The fraction of sp³-hybridized carbons (Fsp3) is 0.571. The highest BCUT2D eigenvalue weighted by molar-refractivity contribution is 6.05. The molecular weight excluding hydrogens is 347 g/mol. The summed E-state index contributed by atoms with van der Waals surface area (Å²) in [5.41, 5.74) is 0.581. The number of halogens is 1. The van der Waals surface area contributed by atoms with Crippen molar-refractivity contribution < 1.29 is 18.8 Å². The number of likely N-dealkylation sites (tertiary alicyclic amines) is 1. The van der Waals surface area contributed by atoms with Gasteiger partial charge >= 0.3 is 0 Å². The first-order valence-corrected chi connectivity index (χ1v) is 9.98. The van der Waals surface area contributed by atoms with Gasteiger partial charge in [-0.2, -0.15) is 0 Å². The van der Waals surface area contributed by atoms with Gasteiger partial charge in [0.25, 0.3) is 0 Å². The summed E-state index contributed by atoms with van der Waals surface area (Å²) in [7, 11) is 0. The van der Waals surface area contributed by atoms with Crippen LogP contribution < -0.4 is 5.32 Å². The summed E-state index contributed by atoms with van der Waals surface area (Å²) in [4.78, 5) is 39.5. The van der Waals surface area contributed by atoms with E-state index in [9.17, 15) is 18.8 Å². The van der Waals surface area contributed by atoms with Crippen LogP contribution in [0.1, 0.15) is 51.4 Å². The zero-order valence-corrected chi connectivity index (χ0v) is 15.3. The van der Waals surface area contributed by atoms with Gasteiger partial charge in [-0.05, 0) is 62.8 Å². The third-order valence-electron chi connectivity index (χ3n) is 6.42. The van der Waals surface area contributed by atoms with Crippen molar-refractivity contribution in [1.82, 2.24) is 4.90 Å². The Kier molecular flexibility index (Phi) is 4.98. The molecule has 0 unspecified atom stereocenters. The van der Waals surface area contributed by atoms with Crippen molar-refractivity contribution in [2.45, 2.75) is 57.4 Å². The van der Waals surface area contributed by atoms with Gasteiger partial charge in [0, 0.05) is 17.6 Å². The first-order chi connectivity index (χ1) is 13.0. The summed E-state index contributed by atoms with van der Waals surface area (Å²) in [5, 5.41) is 2.83. The first kappa shape index (κ1) is 18.1. The summed E-state index contributed by atoms with van der Waals surface area (Å²) in [6.45, 7) is 0. The van der Waals surface area contributed by atoms with Crippen molar-refractivity contribution >= 4 is 23.4 Å². The number of imide groups is 1. The highest BCUT2D eigenvalue weighted by Crippen LogP contribution is 2.41. The van der Waals surface area contributed by atoms with Gasteiger partial charge in [-0.15, -0.1) is 0 Å². The molecule has 3 aliphatic rings. The average Bonchev–Trinajstić information content (AvgIpc) is 2.95. The Morgan fingerprint density at radius 3 is 2.00 bits per heavy atom. The number of nitrogens with zero attached hydrogens (tertiary/aromatic N) is 1. The van der Waals surface area contributed by atoms with E-state index in [1.807, 2.05) is 0 Å². The van der Waals surface area contributed by atoms with E-state index in [-0.39, 0.29) is 47.3 Å². The Labute approximate surface area is 158 Å². The van der Waals surface area contributed by atoms with Gasteiger partial charge in [-0.1, -0.05) is 12.8 Å². The largest absolute Gasteiger partial charge is 0.326 e. The second-order valence-electron chi connectivity index (χ2n) is 8.05. The predicted octanol–water partition coefficient (Wildman–Crippen LogP) is 3.50. The van der Waals surface area contributed by atoms with Crippen molar-refractivity contribution in [3.05, 3.63) is 30.1 Å². The van der Waals surface area contributed by atoms with E-state index < -0.39 is 0 Å². The van der Waals surface area contributed by atoms with Crippen LogP contribution in [0, 0.1) is 23.6 Å². The minimum Gasteiger partial charge on any atom is -0.326 e. The van der Waals surface area contributed by atoms with Crippen LogP contribution in [0.4, 0.5) is 10.1 Å². The third kappa shape index (κ3) is 3.49. The zero-order chi connectivity index (χ0) is 19.0. The number of carbonyl (C=O) groups is 3. The lowest BCUT2D eigenvalue weighted by Crippen LogP contribution is -2.43. The van der Waals surface area contributed by atoms with Crippen molar-refractivity contribution in [1.29, 1.82) is 0 Å². The Bertz CT molecular complexity index is 716. The molecule has 144 valence electrons. The van der Waals surface area contributed by atoms with E-state index >= 15 is 0 Å². The fourth-order valence-electron chi connectivity index (χ4n) is 4.92. The van der Waals surface area contributed by atoms with Gasteiger partial charge in [0.05, 0.1) is 11.8 Å². The molecule has 3 fully saturated rings. The monoisotopic (exact) mass is 372 g/mol. The van der Waals surface area contributed by atoms with Crippen LogP contribution in [0.3, 0.4) is 0 Å². The SMILES string of the molecule is O=C(Nc1ccc(F)cc1)C1CCC(N2C(=O)[C@@H]3CCCC[C@H]3C2=O)CC1. The Hall–Kier alpha value is -2.24. The van der Waals surface area contributed by atoms with Crippen molar-refractivity contribution in [2.24, 2.45) is 17.8 Å². The number of anilines is 1. The maximum absolute atomic E-state index is 13.0. The molecule has 4 rings (SSSR count). The topological polar surface area (TPSA) is 66.5 Å². The molecule has 2 atom stereocenters. The van der Waals surface area contributed by atoms with Gasteiger partial charge in [0.2, 0.25) is 17.7 Å². The van der Waals surface area contributed by atoms with Crippen LogP contribution in [-0.4, -0.2) is 28.7 Å². The molecule has 0 radical (unpaired) electrons. The molecule has 1 aromatic rings. The minimum absolute atomic E-state index is 0.0175. The second-order valence-corrected chi connectivity index (χ2v) is 8.05. The predicted molar refractivity (Wildman–Crippen MR) is 98.1 cm³/mol. The molecule has 1 heterocycles. The smallest absolute Gasteiger partial charge is 0.233 e. The highest BCUT2D eigenvalue weighted by atomic mass is 19.1. The average molecular weight is 372 g/mol. The second kappa shape index (κ2) is 7.41. The number of fused-ring (bicyclic) bond motifs is 1. The Morgan fingerprint density at radius 1 is 0.889 bits per heavy atom. The number of benzene rings is 1. The molecular formula is C21H25FN2O3. The lowest BCUT2D eigenvalue weighted by atomic mass is 9.81. The fourth-order valence-corrected chi connectivity index (χ4v) is 4.92. The molecule has 2 aliphatic carbocycles. The maximum Gasteiger partial charge on any atom is 0.233 e. The first-order valence-electron chi connectivity index (χ1n) is 9.98. The van der Waals surface area contributed by atoms with Gasteiger partial charge < -0.3 is 5.32 Å². The van der Waals surface area contributed by atoms with Crippen LogP contribution in [-0.2, 0) is 14.4 Å². The van der Waals surface area contributed by atoms with Gasteiger partial charge in [0.15, 0.2) is 0 Å². The molecule has 3 amide bonds. The number of hydrogen-bond acceptors (Lipinski definition) is 3. The summed E-state index contributed by atoms with van der Waals surface area (Å²) in [6.07, 6.45) is 6.40. The molecule has 0 aromatic heterocycles. The summed E-state index contributed by atoms with van der Waals surface area (Å²) >= 11 is 0. The van der Waals surface area contributed by atoms with Crippen molar-refractivity contribution in [3.63, 3.8) is 0 Å².